The van der Waals surface area contributed by atoms with E-state index in [0.717, 1.165) is 17.7 Å². The van der Waals surface area contributed by atoms with Crippen LogP contribution >= 0.6 is 11.8 Å². The number of anilines is 1. The zero-order chi connectivity index (χ0) is 18.9. The minimum Gasteiger partial charge on any atom is -0.342 e. The first kappa shape index (κ1) is 19.2. The van der Waals surface area contributed by atoms with Gasteiger partial charge in [-0.05, 0) is 43.9 Å². The van der Waals surface area contributed by atoms with E-state index in [1.165, 1.54) is 17.8 Å². The van der Waals surface area contributed by atoms with Crippen LogP contribution in [-0.2, 0) is 19.4 Å². The third-order valence-corrected chi connectivity index (χ3v) is 7.73. The lowest BCUT2D eigenvalue weighted by Crippen LogP contribution is -2.39. The summed E-state index contributed by atoms with van der Waals surface area (Å²) in [6.45, 7) is 5.33. The van der Waals surface area contributed by atoms with Crippen LogP contribution in [-0.4, -0.2) is 49.2 Å². The highest BCUT2D eigenvalue weighted by molar-refractivity contribution is 8.01. The average Bonchev–Trinajstić information content (AvgIpc) is 2.60. The molecule has 1 aromatic rings. The van der Waals surface area contributed by atoms with Crippen LogP contribution in [0.4, 0.5) is 5.69 Å². The lowest BCUT2D eigenvalue weighted by molar-refractivity contribution is -0.132. The van der Waals surface area contributed by atoms with Gasteiger partial charge in [-0.3, -0.25) is 9.59 Å². The van der Waals surface area contributed by atoms with Gasteiger partial charge in [-0.2, -0.15) is 0 Å². The number of hydrogen-bond acceptors (Lipinski definition) is 5. The van der Waals surface area contributed by atoms with Crippen LogP contribution in [0.15, 0.2) is 28.0 Å². The zero-order valence-corrected chi connectivity index (χ0v) is 16.7. The number of carbonyl (C=O) groups excluding carboxylic acids is 2. The van der Waals surface area contributed by atoms with Crippen molar-refractivity contribution < 1.29 is 18.0 Å². The summed E-state index contributed by atoms with van der Waals surface area (Å²) in [6.07, 6.45) is 2.07. The fourth-order valence-corrected chi connectivity index (χ4v) is 5.48. The predicted octanol–water partition coefficient (Wildman–Crippen LogP) is 2.54. The minimum atomic E-state index is -3.58. The molecule has 0 spiro atoms. The highest BCUT2D eigenvalue weighted by Crippen LogP contribution is 2.36. The molecular weight excluding hydrogens is 372 g/mol. The summed E-state index contributed by atoms with van der Waals surface area (Å²) in [4.78, 5) is 26.9. The number of fused-ring (bicyclic) bond motifs is 1. The summed E-state index contributed by atoms with van der Waals surface area (Å²) >= 11 is 1.41. The van der Waals surface area contributed by atoms with Gasteiger partial charge in [0.1, 0.15) is 0 Å². The average molecular weight is 397 g/mol. The molecule has 0 unspecified atom stereocenters. The quantitative estimate of drug-likeness (QED) is 0.846. The molecule has 2 aliphatic heterocycles. The first-order valence-electron chi connectivity index (χ1n) is 8.88. The standard InChI is InChI=1S/C18H24N2O4S2/c1-12-4-3-8-20(11-12)17(21)7-9-26(23,24)14-5-6-16-15(10-14)19-18(22)13(2)25-16/h5-6,10,12-13H,3-4,7-9,11H2,1-2H3,(H,19,22)/t12-,13-/m0/s1. The first-order chi connectivity index (χ1) is 12.3. The fourth-order valence-electron chi connectivity index (χ4n) is 3.29. The number of carbonyl (C=O) groups is 2. The van der Waals surface area contributed by atoms with Crippen LogP contribution < -0.4 is 5.32 Å². The van der Waals surface area contributed by atoms with Crippen LogP contribution in [0.3, 0.4) is 0 Å². The van der Waals surface area contributed by atoms with E-state index < -0.39 is 9.84 Å². The number of hydrogen-bond donors (Lipinski definition) is 1. The maximum Gasteiger partial charge on any atom is 0.237 e. The zero-order valence-electron chi connectivity index (χ0n) is 15.0. The van der Waals surface area contributed by atoms with Crippen molar-refractivity contribution in [1.82, 2.24) is 4.90 Å². The van der Waals surface area contributed by atoms with E-state index in [9.17, 15) is 18.0 Å². The Morgan fingerprint density at radius 3 is 2.85 bits per heavy atom. The van der Waals surface area contributed by atoms with Crippen molar-refractivity contribution in [3.05, 3.63) is 18.2 Å². The second-order valence-electron chi connectivity index (χ2n) is 7.06. The summed E-state index contributed by atoms with van der Waals surface area (Å²) in [6, 6.07) is 4.77. The molecule has 3 rings (SSSR count). The fraction of sp³-hybridized carbons (Fsp3) is 0.556. The molecule has 1 fully saturated rings. The summed E-state index contributed by atoms with van der Waals surface area (Å²) in [7, 11) is -3.58. The second kappa shape index (κ2) is 7.60. The monoisotopic (exact) mass is 396 g/mol. The van der Waals surface area contributed by atoms with Crippen molar-refractivity contribution >= 4 is 39.1 Å². The van der Waals surface area contributed by atoms with E-state index in [0.29, 0.717) is 24.7 Å². The maximum absolute atomic E-state index is 12.6. The van der Waals surface area contributed by atoms with Gasteiger partial charge in [-0.25, -0.2) is 8.42 Å². The number of sulfone groups is 1. The number of amides is 2. The Labute approximate surface area is 158 Å². The molecule has 0 bridgehead atoms. The molecule has 0 radical (unpaired) electrons. The first-order valence-corrected chi connectivity index (χ1v) is 11.4. The molecule has 0 aromatic heterocycles. The molecule has 2 heterocycles. The molecule has 0 aliphatic carbocycles. The molecule has 2 amide bonds. The molecule has 142 valence electrons. The molecule has 8 heteroatoms. The second-order valence-corrected chi connectivity index (χ2v) is 10.6. The van der Waals surface area contributed by atoms with Gasteiger partial charge in [0.2, 0.25) is 11.8 Å². The van der Waals surface area contributed by atoms with E-state index >= 15 is 0 Å². The maximum atomic E-state index is 12.6. The Morgan fingerprint density at radius 2 is 2.12 bits per heavy atom. The van der Waals surface area contributed by atoms with Gasteiger partial charge in [0, 0.05) is 24.4 Å². The number of likely N-dealkylation sites (tertiary alicyclic amines) is 1. The Kier molecular flexibility index (Phi) is 5.62. The van der Waals surface area contributed by atoms with Crippen LogP contribution in [0.25, 0.3) is 0 Å². The largest absolute Gasteiger partial charge is 0.342 e. The molecule has 2 atom stereocenters. The number of nitrogens with one attached hydrogen (secondary N) is 1. The summed E-state index contributed by atoms with van der Waals surface area (Å²) in [5.74, 6) is 0.0168. The van der Waals surface area contributed by atoms with Crippen LogP contribution in [0.2, 0.25) is 0 Å². The highest BCUT2D eigenvalue weighted by Gasteiger charge is 2.26. The SMILES string of the molecule is C[C@H]1CCCN(C(=O)CCS(=O)(=O)c2ccc3c(c2)NC(=O)[C@H](C)S3)C1. The smallest absolute Gasteiger partial charge is 0.237 e. The minimum absolute atomic E-state index is 0.00964. The van der Waals surface area contributed by atoms with Crippen molar-refractivity contribution in [2.75, 3.05) is 24.2 Å². The Hall–Kier alpha value is -1.54. The molecule has 1 N–H and O–H groups in total. The van der Waals surface area contributed by atoms with Gasteiger partial charge in [-0.1, -0.05) is 6.92 Å². The molecule has 0 saturated carbocycles. The van der Waals surface area contributed by atoms with E-state index in [2.05, 4.69) is 12.2 Å². The van der Waals surface area contributed by atoms with Gasteiger partial charge in [0.25, 0.3) is 0 Å². The number of thioether (sulfide) groups is 1. The van der Waals surface area contributed by atoms with Crippen molar-refractivity contribution in [2.24, 2.45) is 5.92 Å². The van der Waals surface area contributed by atoms with Crippen LogP contribution in [0, 0.1) is 5.92 Å². The third kappa shape index (κ3) is 4.23. The van der Waals surface area contributed by atoms with E-state index in [1.807, 2.05) is 0 Å². The Morgan fingerprint density at radius 1 is 1.35 bits per heavy atom. The van der Waals surface area contributed by atoms with E-state index in [1.54, 1.807) is 24.0 Å². The molecule has 2 aliphatic rings. The van der Waals surface area contributed by atoms with Gasteiger partial charge >= 0.3 is 0 Å². The normalized spacial score (nSPS) is 23.3. The van der Waals surface area contributed by atoms with E-state index in [4.69, 9.17) is 0 Å². The van der Waals surface area contributed by atoms with Gasteiger partial charge < -0.3 is 10.2 Å². The van der Waals surface area contributed by atoms with Gasteiger partial charge in [0.15, 0.2) is 9.84 Å². The number of rotatable bonds is 4. The number of benzene rings is 1. The van der Waals surface area contributed by atoms with E-state index in [-0.39, 0.29) is 34.1 Å². The molecule has 6 nitrogen and oxygen atoms in total. The Bertz CT molecular complexity index is 822. The summed E-state index contributed by atoms with van der Waals surface area (Å²) in [5.41, 5.74) is 0.523. The van der Waals surface area contributed by atoms with Crippen LogP contribution in [0.5, 0.6) is 0 Å². The molecule has 1 aromatic carbocycles. The van der Waals surface area contributed by atoms with Crippen molar-refractivity contribution in [1.29, 1.82) is 0 Å². The van der Waals surface area contributed by atoms with Crippen molar-refractivity contribution in [2.45, 2.75) is 48.2 Å². The topological polar surface area (TPSA) is 83.6 Å². The Balaban J connectivity index is 1.68. The lowest BCUT2D eigenvalue weighted by atomic mass is 10.0. The summed E-state index contributed by atoms with van der Waals surface area (Å²) in [5, 5.41) is 2.54. The summed E-state index contributed by atoms with van der Waals surface area (Å²) < 4.78 is 25.3. The molecule has 26 heavy (non-hydrogen) atoms. The molecular formula is C18H24N2O4S2. The molecule has 1 saturated heterocycles. The third-order valence-electron chi connectivity index (χ3n) is 4.84. The number of nitrogens with zero attached hydrogens (tertiary/aromatic N) is 1. The highest BCUT2D eigenvalue weighted by atomic mass is 32.2. The predicted molar refractivity (Wildman–Crippen MR) is 102 cm³/mol. The van der Waals surface area contributed by atoms with Crippen LogP contribution in [0.1, 0.15) is 33.1 Å². The lowest BCUT2D eigenvalue weighted by Gasteiger charge is -2.31. The van der Waals surface area contributed by atoms with Crippen molar-refractivity contribution in [3.8, 4) is 0 Å². The number of piperidine rings is 1. The van der Waals surface area contributed by atoms with Gasteiger partial charge in [0.05, 0.1) is 21.6 Å². The van der Waals surface area contributed by atoms with Gasteiger partial charge in [-0.15, -0.1) is 11.8 Å². The van der Waals surface area contributed by atoms with Crippen molar-refractivity contribution in [3.63, 3.8) is 0 Å².